The Morgan fingerprint density at radius 3 is 1.71 bits per heavy atom. The van der Waals surface area contributed by atoms with Gasteiger partial charge in [-0.25, -0.2) is 0 Å². The molecule has 2 aromatic rings. The summed E-state index contributed by atoms with van der Waals surface area (Å²) in [4.78, 5) is 18.7. The fourth-order valence-electron chi connectivity index (χ4n) is 4.75. The summed E-state index contributed by atoms with van der Waals surface area (Å²) in [6.45, 7) is 4.66. The number of hydrogen-bond acceptors (Lipinski definition) is 2. The fraction of sp³-hybridized carbons (Fsp3) is 0.733. The molecule has 34 heavy (non-hydrogen) atoms. The van der Waals surface area contributed by atoms with Gasteiger partial charge in [-0.3, -0.25) is 0 Å². The van der Waals surface area contributed by atoms with Gasteiger partial charge in [0.1, 0.15) is 0 Å². The standard InChI is InChI=1S/C24H36S2.6CH3.2Sn/c1-3-5-7-9-10-12-15-21(14-11-8-6-4-2)20-22-17-19-26-24(22)23-16-13-18-25-23;;;;;;;;/h13,16-17,21H,3-12,14-15,20H2,1-2H3;6*1H3;;. The molecular formula is C30H54S2Sn2. The predicted octanol–water partition coefficient (Wildman–Crippen LogP) is 10.4. The molecule has 2 aromatic heterocycles. The first-order valence-electron chi connectivity index (χ1n) is 14.3. The average molecular weight is 716 g/mol. The van der Waals surface area contributed by atoms with Crippen molar-refractivity contribution in [3.8, 4) is 9.75 Å². The summed E-state index contributed by atoms with van der Waals surface area (Å²) in [6, 6.07) is 7.65. The quantitative estimate of drug-likeness (QED) is 0.113. The zero-order chi connectivity index (χ0) is 25.2. The molecule has 0 aliphatic heterocycles. The third-order valence-electron chi connectivity index (χ3n) is 7.06. The molecule has 0 saturated heterocycles. The van der Waals surface area contributed by atoms with Gasteiger partial charge in [0.25, 0.3) is 0 Å². The van der Waals surface area contributed by atoms with Crippen LogP contribution in [0.2, 0.25) is 29.6 Å². The van der Waals surface area contributed by atoms with Gasteiger partial charge < -0.3 is 0 Å². The van der Waals surface area contributed by atoms with E-state index in [-0.39, 0.29) is 0 Å². The van der Waals surface area contributed by atoms with E-state index in [1.807, 2.05) is 0 Å². The van der Waals surface area contributed by atoms with Crippen molar-refractivity contribution in [3.05, 3.63) is 23.8 Å². The second-order valence-electron chi connectivity index (χ2n) is 12.6. The minimum absolute atomic E-state index is 0.876. The van der Waals surface area contributed by atoms with Crippen molar-refractivity contribution in [1.82, 2.24) is 0 Å². The van der Waals surface area contributed by atoms with Crippen molar-refractivity contribution in [2.75, 3.05) is 0 Å². The van der Waals surface area contributed by atoms with Gasteiger partial charge in [0.2, 0.25) is 0 Å². The van der Waals surface area contributed by atoms with Crippen LogP contribution < -0.4 is 5.79 Å². The van der Waals surface area contributed by atoms with E-state index in [4.69, 9.17) is 0 Å². The van der Waals surface area contributed by atoms with Crippen molar-refractivity contribution >= 4 is 65.2 Å². The Bertz CT molecular complexity index is 820. The van der Waals surface area contributed by atoms with Crippen LogP contribution in [0.1, 0.15) is 96.5 Å². The Labute approximate surface area is 229 Å². The van der Waals surface area contributed by atoms with Gasteiger partial charge in [-0.15, -0.1) is 0 Å². The summed E-state index contributed by atoms with van der Waals surface area (Å²) in [7, 11) is 0. The molecule has 0 fully saturated rings. The molecule has 0 aliphatic carbocycles. The number of rotatable bonds is 17. The molecule has 1 unspecified atom stereocenters. The average Bonchev–Trinajstić information content (AvgIpc) is 3.40. The normalized spacial score (nSPS) is 13.5. The van der Waals surface area contributed by atoms with Crippen LogP contribution in [-0.2, 0) is 6.42 Å². The Hall–Kier alpha value is 0.997. The summed E-state index contributed by atoms with van der Waals surface area (Å²) >= 11 is 0.226. The van der Waals surface area contributed by atoms with Crippen molar-refractivity contribution in [2.24, 2.45) is 5.92 Å². The van der Waals surface area contributed by atoms with Crippen LogP contribution in [0.25, 0.3) is 9.75 Å². The van der Waals surface area contributed by atoms with Crippen LogP contribution in [0.5, 0.6) is 0 Å². The molecule has 0 N–H and O–H groups in total. The van der Waals surface area contributed by atoms with E-state index in [1.54, 1.807) is 21.1 Å². The number of unbranched alkanes of at least 4 members (excludes halogenated alkanes) is 8. The summed E-state index contributed by atoms with van der Waals surface area (Å²) in [5.74, 6) is 0.876. The van der Waals surface area contributed by atoms with Crippen molar-refractivity contribution in [1.29, 1.82) is 0 Å². The van der Waals surface area contributed by atoms with E-state index in [0.29, 0.717) is 0 Å². The van der Waals surface area contributed by atoms with Crippen molar-refractivity contribution in [2.45, 2.75) is 127 Å². The van der Waals surface area contributed by atoms with E-state index in [2.05, 4.69) is 84.4 Å². The minimum atomic E-state index is -2.09. The molecule has 0 aliphatic rings. The van der Waals surface area contributed by atoms with Crippen LogP contribution >= 0.6 is 22.7 Å². The van der Waals surface area contributed by atoms with Gasteiger partial charge in [0.05, 0.1) is 0 Å². The second kappa shape index (κ2) is 15.4. The fourth-order valence-corrected chi connectivity index (χ4v) is 17.7. The molecule has 0 radical (unpaired) electrons. The molecule has 0 amide bonds. The Balaban J connectivity index is 2.21. The van der Waals surface area contributed by atoms with E-state index >= 15 is 0 Å². The van der Waals surface area contributed by atoms with Crippen LogP contribution in [0.4, 0.5) is 0 Å². The molecule has 194 valence electrons. The van der Waals surface area contributed by atoms with Gasteiger partial charge >= 0.3 is 225 Å². The first-order chi connectivity index (χ1) is 16.1. The molecule has 0 nitrogen and oxygen atoms in total. The Kier molecular flexibility index (Phi) is 14.2. The van der Waals surface area contributed by atoms with Gasteiger partial charge in [0, 0.05) is 0 Å². The van der Waals surface area contributed by atoms with Gasteiger partial charge in [-0.2, -0.15) is 0 Å². The zero-order valence-corrected chi connectivity index (χ0v) is 31.2. The summed E-state index contributed by atoms with van der Waals surface area (Å²) in [5.41, 5.74) is 1.70. The number of thiophene rings is 2. The first kappa shape index (κ1) is 31.2. The van der Waals surface area contributed by atoms with Crippen LogP contribution in [0.15, 0.2) is 18.2 Å². The van der Waals surface area contributed by atoms with Crippen molar-refractivity contribution in [3.63, 3.8) is 0 Å². The van der Waals surface area contributed by atoms with E-state index < -0.39 is 36.8 Å². The molecule has 0 aromatic carbocycles. The first-order valence-corrected chi connectivity index (χ1v) is 35.9. The second-order valence-corrected chi connectivity index (χ2v) is 45.6. The van der Waals surface area contributed by atoms with Crippen LogP contribution in [0.3, 0.4) is 0 Å². The van der Waals surface area contributed by atoms with Crippen LogP contribution in [-0.4, -0.2) is 36.8 Å². The predicted molar refractivity (Wildman–Crippen MR) is 168 cm³/mol. The molecule has 1 atom stereocenters. The van der Waals surface area contributed by atoms with E-state index in [1.165, 1.54) is 83.5 Å². The zero-order valence-electron chi connectivity index (χ0n) is 23.8. The molecule has 4 heteroatoms. The molecule has 2 heterocycles. The van der Waals surface area contributed by atoms with Gasteiger partial charge in [-0.1, -0.05) is 6.92 Å². The summed E-state index contributed by atoms with van der Waals surface area (Å²) < 4.78 is 3.51. The van der Waals surface area contributed by atoms with Gasteiger partial charge in [0.15, 0.2) is 0 Å². The Morgan fingerprint density at radius 1 is 0.647 bits per heavy atom. The van der Waals surface area contributed by atoms with E-state index in [0.717, 1.165) is 5.92 Å². The van der Waals surface area contributed by atoms with Gasteiger partial charge in [-0.05, 0) is 0 Å². The SMILES string of the molecule is CCCCCCCCC(CCCCCC)Cc1c[c]([Sn]([CH3])([CH3])[CH3])sc1-c1cc[c]([Sn]([CH3])([CH3])[CH3])s1. The molecule has 0 saturated carbocycles. The summed E-state index contributed by atoms with van der Waals surface area (Å²) in [5, 5.41) is 0. The molecular weight excluding hydrogens is 662 g/mol. The third-order valence-corrected chi connectivity index (χ3v) is 28.4. The monoisotopic (exact) mass is 718 g/mol. The molecule has 0 spiro atoms. The molecule has 2 rings (SSSR count). The van der Waals surface area contributed by atoms with Crippen molar-refractivity contribution < 1.29 is 0 Å². The van der Waals surface area contributed by atoms with Crippen LogP contribution in [0, 0.1) is 5.92 Å². The summed E-state index contributed by atoms with van der Waals surface area (Å²) in [6.07, 6.45) is 18.3. The maximum absolute atomic E-state index is 2.69. The van der Waals surface area contributed by atoms with E-state index in [9.17, 15) is 0 Å². The third kappa shape index (κ3) is 10.8. The number of hydrogen-bond donors (Lipinski definition) is 0. The maximum atomic E-state index is 2.69. The molecule has 0 bridgehead atoms. The topological polar surface area (TPSA) is 0 Å². The Morgan fingerprint density at radius 2 is 1.18 bits per heavy atom.